The molecule has 1 saturated heterocycles. The van der Waals surface area contributed by atoms with Gasteiger partial charge in [0.25, 0.3) is 0 Å². The lowest BCUT2D eigenvalue weighted by Crippen LogP contribution is -2.29. The summed E-state index contributed by atoms with van der Waals surface area (Å²) in [5.74, 6) is 0. The van der Waals surface area contributed by atoms with Gasteiger partial charge < -0.3 is 9.64 Å². The molecule has 1 fully saturated rings. The van der Waals surface area contributed by atoms with Crippen molar-refractivity contribution in [2.45, 2.75) is 32.3 Å². The molecule has 1 atom stereocenters. The zero-order valence-corrected chi connectivity index (χ0v) is 7.68. The fourth-order valence-corrected chi connectivity index (χ4v) is 1.61. The van der Waals surface area contributed by atoms with Gasteiger partial charge in [-0.15, -0.1) is 0 Å². The zero-order chi connectivity index (χ0) is 8.10. The minimum Gasteiger partial charge on any atom is -0.377 e. The van der Waals surface area contributed by atoms with Gasteiger partial charge in [0.1, 0.15) is 0 Å². The highest BCUT2D eigenvalue weighted by Gasteiger charge is 2.16. The van der Waals surface area contributed by atoms with Crippen molar-refractivity contribution >= 4 is 0 Å². The van der Waals surface area contributed by atoms with E-state index in [1.807, 2.05) is 0 Å². The highest BCUT2D eigenvalue weighted by atomic mass is 16.5. The number of hydrogen-bond donors (Lipinski definition) is 0. The summed E-state index contributed by atoms with van der Waals surface area (Å²) in [7, 11) is 2.17. The molecule has 11 heavy (non-hydrogen) atoms. The van der Waals surface area contributed by atoms with Crippen LogP contribution in [0.1, 0.15) is 26.2 Å². The van der Waals surface area contributed by atoms with Crippen molar-refractivity contribution in [3.05, 3.63) is 0 Å². The largest absolute Gasteiger partial charge is 0.377 e. The Bertz CT molecular complexity index is 99.7. The number of ether oxygens (including phenoxy) is 1. The van der Waals surface area contributed by atoms with E-state index >= 15 is 0 Å². The first kappa shape index (κ1) is 9.01. The van der Waals surface area contributed by atoms with Crippen molar-refractivity contribution in [3.8, 4) is 0 Å². The average molecular weight is 157 g/mol. The molecule has 1 heterocycles. The van der Waals surface area contributed by atoms with Crippen LogP contribution in [0.3, 0.4) is 0 Å². The summed E-state index contributed by atoms with van der Waals surface area (Å²) in [6, 6.07) is 0. The van der Waals surface area contributed by atoms with E-state index in [4.69, 9.17) is 4.74 Å². The van der Waals surface area contributed by atoms with Crippen LogP contribution in [0, 0.1) is 0 Å². The Balaban J connectivity index is 2.08. The summed E-state index contributed by atoms with van der Waals surface area (Å²) in [4.78, 5) is 2.36. The molecule has 0 amide bonds. The molecule has 0 spiro atoms. The molecule has 0 N–H and O–H groups in total. The van der Waals surface area contributed by atoms with Crippen molar-refractivity contribution < 1.29 is 4.74 Å². The molecule has 0 radical (unpaired) electrons. The lowest BCUT2D eigenvalue weighted by molar-refractivity contribution is 0.0813. The lowest BCUT2D eigenvalue weighted by Gasteiger charge is -2.19. The Morgan fingerprint density at radius 1 is 1.55 bits per heavy atom. The maximum atomic E-state index is 5.53. The monoisotopic (exact) mass is 157 g/mol. The summed E-state index contributed by atoms with van der Waals surface area (Å²) in [5, 5.41) is 0. The molecule has 1 rings (SSSR count). The standard InChI is InChI=1S/C9H19NO/c1-3-6-10(2)8-9-5-4-7-11-9/h9H,3-8H2,1-2H3/t9-/m1/s1. The molecule has 2 nitrogen and oxygen atoms in total. The predicted octanol–water partition coefficient (Wildman–Crippen LogP) is 1.51. The van der Waals surface area contributed by atoms with E-state index in [1.165, 1.54) is 25.8 Å². The summed E-state index contributed by atoms with van der Waals surface area (Å²) in [6.45, 7) is 5.50. The highest BCUT2D eigenvalue weighted by Crippen LogP contribution is 2.12. The molecular weight excluding hydrogens is 138 g/mol. The molecule has 0 unspecified atom stereocenters. The lowest BCUT2D eigenvalue weighted by atomic mass is 10.2. The maximum absolute atomic E-state index is 5.53. The Hall–Kier alpha value is -0.0800. The van der Waals surface area contributed by atoms with Gasteiger partial charge in [0.15, 0.2) is 0 Å². The van der Waals surface area contributed by atoms with E-state index in [1.54, 1.807) is 0 Å². The van der Waals surface area contributed by atoms with Crippen molar-refractivity contribution in [2.24, 2.45) is 0 Å². The van der Waals surface area contributed by atoms with Crippen LogP contribution in [0.15, 0.2) is 0 Å². The Morgan fingerprint density at radius 3 is 2.91 bits per heavy atom. The first-order valence-electron chi connectivity index (χ1n) is 4.63. The number of rotatable bonds is 4. The number of likely N-dealkylation sites (N-methyl/N-ethyl adjacent to an activating group) is 1. The fraction of sp³-hybridized carbons (Fsp3) is 1.00. The van der Waals surface area contributed by atoms with E-state index in [0.29, 0.717) is 6.10 Å². The van der Waals surface area contributed by atoms with Gasteiger partial charge in [0.05, 0.1) is 6.10 Å². The van der Waals surface area contributed by atoms with E-state index in [2.05, 4.69) is 18.9 Å². The van der Waals surface area contributed by atoms with Crippen molar-refractivity contribution in [1.29, 1.82) is 0 Å². The third-order valence-electron chi connectivity index (χ3n) is 2.14. The SMILES string of the molecule is CCCN(C)C[C@H]1CCCO1. The highest BCUT2D eigenvalue weighted by molar-refractivity contribution is 4.67. The van der Waals surface area contributed by atoms with Crippen molar-refractivity contribution in [1.82, 2.24) is 4.90 Å². The van der Waals surface area contributed by atoms with E-state index in [0.717, 1.165) is 13.2 Å². The Labute approximate surface area is 69.5 Å². The van der Waals surface area contributed by atoms with Gasteiger partial charge in [-0.1, -0.05) is 6.92 Å². The third kappa shape index (κ3) is 3.21. The van der Waals surface area contributed by atoms with Crippen molar-refractivity contribution in [2.75, 3.05) is 26.7 Å². The predicted molar refractivity (Wildman–Crippen MR) is 46.8 cm³/mol. The van der Waals surface area contributed by atoms with Crippen LogP contribution in [0.25, 0.3) is 0 Å². The molecule has 66 valence electrons. The average Bonchev–Trinajstić information content (AvgIpc) is 2.40. The van der Waals surface area contributed by atoms with Crippen LogP contribution in [0.2, 0.25) is 0 Å². The van der Waals surface area contributed by atoms with Crippen LogP contribution < -0.4 is 0 Å². The molecular formula is C9H19NO. The van der Waals surface area contributed by atoms with Crippen LogP contribution in [0.4, 0.5) is 0 Å². The van der Waals surface area contributed by atoms with E-state index in [9.17, 15) is 0 Å². The quantitative estimate of drug-likeness (QED) is 0.613. The van der Waals surface area contributed by atoms with Crippen LogP contribution in [-0.4, -0.2) is 37.7 Å². The topological polar surface area (TPSA) is 12.5 Å². The molecule has 0 saturated carbocycles. The van der Waals surface area contributed by atoms with Gasteiger partial charge in [-0.2, -0.15) is 0 Å². The Kier molecular flexibility index (Phi) is 3.87. The minimum atomic E-state index is 0.520. The molecule has 0 aliphatic carbocycles. The Morgan fingerprint density at radius 2 is 2.36 bits per heavy atom. The van der Waals surface area contributed by atoms with Gasteiger partial charge in [-0.3, -0.25) is 0 Å². The van der Waals surface area contributed by atoms with Gasteiger partial charge >= 0.3 is 0 Å². The summed E-state index contributed by atoms with van der Waals surface area (Å²) in [6.07, 6.45) is 4.27. The molecule has 0 bridgehead atoms. The number of hydrogen-bond acceptors (Lipinski definition) is 2. The summed E-state index contributed by atoms with van der Waals surface area (Å²) >= 11 is 0. The van der Waals surface area contributed by atoms with Gasteiger partial charge in [-0.25, -0.2) is 0 Å². The molecule has 0 aromatic rings. The van der Waals surface area contributed by atoms with Crippen molar-refractivity contribution in [3.63, 3.8) is 0 Å². The van der Waals surface area contributed by atoms with E-state index in [-0.39, 0.29) is 0 Å². The minimum absolute atomic E-state index is 0.520. The first-order chi connectivity index (χ1) is 5.33. The van der Waals surface area contributed by atoms with E-state index < -0.39 is 0 Å². The maximum Gasteiger partial charge on any atom is 0.0702 e. The second-order valence-electron chi connectivity index (χ2n) is 3.40. The van der Waals surface area contributed by atoms with Crippen LogP contribution >= 0.6 is 0 Å². The first-order valence-corrected chi connectivity index (χ1v) is 4.63. The smallest absolute Gasteiger partial charge is 0.0702 e. The normalized spacial score (nSPS) is 24.8. The van der Waals surface area contributed by atoms with Gasteiger partial charge in [0, 0.05) is 13.2 Å². The van der Waals surface area contributed by atoms with Gasteiger partial charge in [0.2, 0.25) is 0 Å². The molecule has 1 aliphatic heterocycles. The fourth-order valence-electron chi connectivity index (χ4n) is 1.61. The molecule has 2 heteroatoms. The molecule has 1 aliphatic rings. The van der Waals surface area contributed by atoms with Crippen LogP contribution in [0.5, 0.6) is 0 Å². The van der Waals surface area contributed by atoms with Gasteiger partial charge in [-0.05, 0) is 32.9 Å². The summed E-state index contributed by atoms with van der Waals surface area (Å²) < 4.78 is 5.53. The molecule has 0 aromatic carbocycles. The molecule has 0 aromatic heterocycles. The third-order valence-corrected chi connectivity index (χ3v) is 2.14. The second kappa shape index (κ2) is 4.73. The zero-order valence-electron chi connectivity index (χ0n) is 7.68. The summed E-state index contributed by atoms with van der Waals surface area (Å²) in [5.41, 5.74) is 0. The number of nitrogens with zero attached hydrogens (tertiary/aromatic N) is 1. The second-order valence-corrected chi connectivity index (χ2v) is 3.40. The van der Waals surface area contributed by atoms with Crippen LogP contribution in [-0.2, 0) is 4.74 Å².